The largest absolute Gasteiger partial charge is 0.476 e. The van der Waals surface area contributed by atoms with Crippen LogP contribution < -0.4 is 0 Å². The van der Waals surface area contributed by atoms with Gasteiger partial charge in [0.05, 0.1) is 18.3 Å². The highest BCUT2D eigenvalue weighted by atomic mass is 31.2. The lowest BCUT2D eigenvalue weighted by Crippen LogP contribution is -2.27. The fourth-order valence-corrected chi connectivity index (χ4v) is 6.74. The van der Waals surface area contributed by atoms with Gasteiger partial charge < -0.3 is 0 Å². The third-order valence-corrected chi connectivity index (χ3v) is 7.78. The fraction of sp³-hybridized carbons (Fsp3) is 0.455. The average molecular weight is 537 g/mol. The summed E-state index contributed by atoms with van der Waals surface area (Å²) in [7, 11) is -4.17. The van der Waals surface area contributed by atoms with Crippen molar-refractivity contribution in [1.29, 1.82) is 0 Å². The SMILES string of the molecule is CC(C)(C)C(OP(=O)(OC(c1ccccc1)C(C)(C)C)OC(c1ccccc1)C(C)(C)C)c1ccccc1. The van der Waals surface area contributed by atoms with E-state index in [-0.39, 0.29) is 16.2 Å². The van der Waals surface area contributed by atoms with Gasteiger partial charge in [-0.2, -0.15) is 0 Å². The Morgan fingerprint density at radius 3 is 0.842 bits per heavy atom. The van der Waals surface area contributed by atoms with E-state index in [1.165, 1.54) is 0 Å². The van der Waals surface area contributed by atoms with Crippen molar-refractivity contribution < 1.29 is 18.1 Å². The van der Waals surface area contributed by atoms with Crippen molar-refractivity contribution in [3.63, 3.8) is 0 Å². The summed E-state index contributed by atoms with van der Waals surface area (Å²) in [6.45, 7) is 18.7. The van der Waals surface area contributed by atoms with E-state index in [1.54, 1.807) is 0 Å². The molecule has 0 spiro atoms. The van der Waals surface area contributed by atoms with Gasteiger partial charge in [0.2, 0.25) is 0 Å². The van der Waals surface area contributed by atoms with Gasteiger partial charge in [-0.25, -0.2) is 4.57 Å². The van der Waals surface area contributed by atoms with Gasteiger partial charge in [0.15, 0.2) is 0 Å². The molecule has 0 aromatic heterocycles. The zero-order valence-corrected chi connectivity index (χ0v) is 25.4. The molecule has 3 atom stereocenters. The first kappa shape index (κ1) is 30.3. The van der Waals surface area contributed by atoms with Crippen molar-refractivity contribution in [3.05, 3.63) is 108 Å². The molecule has 3 aromatic carbocycles. The first-order chi connectivity index (χ1) is 17.6. The van der Waals surface area contributed by atoms with Crippen molar-refractivity contribution in [3.8, 4) is 0 Å². The summed E-state index contributed by atoms with van der Waals surface area (Å²) in [6, 6.07) is 29.7. The van der Waals surface area contributed by atoms with Crippen LogP contribution in [-0.4, -0.2) is 0 Å². The molecule has 0 N–H and O–H groups in total. The van der Waals surface area contributed by atoms with Gasteiger partial charge in [0.25, 0.3) is 0 Å². The van der Waals surface area contributed by atoms with Crippen LogP contribution in [0.4, 0.5) is 0 Å². The minimum Gasteiger partial charge on any atom is -0.278 e. The first-order valence-electron chi connectivity index (χ1n) is 13.4. The molecular formula is C33H45O4P. The number of phosphoric acid groups is 1. The summed E-state index contributed by atoms with van der Waals surface area (Å²) in [5.41, 5.74) is 1.64. The maximum Gasteiger partial charge on any atom is 0.476 e. The Morgan fingerprint density at radius 2 is 0.658 bits per heavy atom. The normalized spacial score (nSPS) is 16.9. The Hall–Kier alpha value is -2.23. The molecule has 4 nitrogen and oxygen atoms in total. The highest BCUT2D eigenvalue weighted by Crippen LogP contribution is 2.64. The van der Waals surface area contributed by atoms with Gasteiger partial charge in [-0.05, 0) is 32.9 Å². The van der Waals surface area contributed by atoms with E-state index in [9.17, 15) is 0 Å². The third kappa shape index (κ3) is 8.13. The van der Waals surface area contributed by atoms with Crippen LogP contribution in [0.25, 0.3) is 0 Å². The maximum absolute atomic E-state index is 15.0. The van der Waals surface area contributed by atoms with E-state index in [1.807, 2.05) is 91.0 Å². The topological polar surface area (TPSA) is 44.8 Å². The summed E-state index contributed by atoms with van der Waals surface area (Å²) < 4.78 is 34.8. The minimum absolute atomic E-state index is 0.377. The molecule has 206 valence electrons. The summed E-state index contributed by atoms with van der Waals surface area (Å²) in [6.07, 6.45) is -1.58. The Labute approximate surface area is 230 Å². The van der Waals surface area contributed by atoms with Crippen molar-refractivity contribution in [2.75, 3.05) is 0 Å². The molecule has 5 heteroatoms. The Balaban J connectivity index is 2.14. The van der Waals surface area contributed by atoms with Crippen LogP contribution in [0.5, 0.6) is 0 Å². The molecule has 0 saturated carbocycles. The van der Waals surface area contributed by atoms with Crippen molar-refractivity contribution >= 4 is 7.82 Å². The zero-order valence-electron chi connectivity index (χ0n) is 24.5. The maximum atomic E-state index is 15.0. The lowest BCUT2D eigenvalue weighted by Gasteiger charge is -2.40. The molecule has 3 aromatic rings. The second-order valence-electron chi connectivity index (χ2n) is 13.2. The lowest BCUT2D eigenvalue weighted by atomic mass is 9.85. The quantitative estimate of drug-likeness (QED) is 0.255. The van der Waals surface area contributed by atoms with Gasteiger partial charge >= 0.3 is 7.82 Å². The molecule has 0 radical (unpaired) electrons. The van der Waals surface area contributed by atoms with Crippen molar-refractivity contribution in [2.24, 2.45) is 16.2 Å². The van der Waals surface area contributed by atoms with Crippen molar-refractivity contribution in [2.45, 2.75) is 80.6 Å². The molecular weight excluding hydrogens is 491 g/mol. The first-order valence-corrected chi connectivity index (χ1v) is 14.9. The van der Waals surface area contributed by atoms with Crippen LogP contribution in [-0.2, 0) is 18.1 Å². The summed E-state index contributed by atoms with van der Waals surface area (Å²) in [5, 5.41) is 0. The molecule has 0 aliphatic heterocycles. The Kier molecular flexibility index (Phi) is 9.48. The summed E-state index contributed by atoms with van der Waals surface area (Å²) in [4.78, 5) is 0. The fourth-order valence-electron chi connectivity index (χ4n) is 4.50. The van der Waals surface area contributed by atoms with Gasteiger partial charge in [-0.1, -0.05) is 153 Å². The molecule has 0 amide bonds. The molecule has 0 saturated heterocycles. The molecule has 0 fully saturated rings. The standard InChI is InChI=1S/C33H45O4P/c1-31(2,3)28(25-19-13-10-14-20-25)35-38(34,36-29(32(4,5)6)26-21-15-11-16-22-26)37-30(33(7,8)9)27-23-17-12-18-24-27/h10-24,28-30H,1-9H3. The van der Waals surface area contributed by atoms with Crippen LogP contribution in [0.1, 0.15) is 97.3 Å². The molecule has 0 bridgehead atoms. The predicted molar refractivity (Wildman–Crippen MR) is 157 cm³/mol. The highest BCUT2D eigenvalue weighted by molar-refractivity contribution is 7.48. The minimum atomic E-state index is -4.17. The molecule has 0 aliphatic carbocycles. The van der Waals surface area contributed by atoms with E-state index in [2.05, 4.69) is 62.3 Å². The average Bonchev–Trinajstić information content (AvgIpc) is 2.84. The van der Waals surface area contributed by atoms with Crippen LogP contribution in [0.3, 0.4) is 0 Å². The number of phosphoric ester groups is 1. The van der Waals surface area contributed by atoms with Crippen LogP contribution in [0, 0.1) is 16.2 Å². The predicted octanol–water partition coefficient (Wildman–Crippen LogP) is 10.5. The number of hydrogen-bond donors (Lipinski definition) is 0. The van der Waals surface area contributed by atoms with Gasteiger partial charge in [0, 0.05) is 0 Å². The second kappa shape index (κ2) is 11.9. The van der Waals surface area contributed by atoms with E-state index >= 15 is 4.57 Å². The zero-order chi connectivity index (χ0) is 28.2. The third-order valence-electron chi connectivity index (χ3n) is 6.37. The van der Waals surface area contributed by atoms with E-state index in [0.29, 0.717) is 0 Å². The summed E-state index contributed by atoms with van der Waals surface area (Å²) >= 11 is 0. The smallest absolute Gasteiger partial charge is 0.278 e. The molecule has 0 aliphatic rings. The highest BCUT2D eigenvalue weighted by Gasteiger charge is 2.45. The van der Waals surface area contributed by atoms with E-state index in [0.717, 1.165) is 16.7 Å². The molecule has 3 unspecified atom stereocenters. The number of benzene rings is 3. The van der Waals surface area contributed by atoms with E-state index < -0.39 is 26.1 Å². The van der Waals surface area contributed by atoms with Crippen molar-refractivity contribution in [1.82, 2.24) is 0 Å². The van der Waals surface area contributed by atoms with Crippen LogP contribution in [0.2, 0.25) is 0 Å². The van der Waals surface area contributed by atoms with Crippen LogP contribution in [0.15, 0.2) is 91.0 Å². The summed E-state index contributed by atoms with van der Waals surface area (Å²) in [5.74, 6) is 0. The number of rotatable bonds is 9. The van der Waals surface area contributed by atoms with E-state index in [4.69, 9.17) is 13.6 Å². The molecule has 38 heavy (non-hydrogen) atoms. The second-order valence-corrected chi connectivity index (χ2v) is 14.8. The lowest BCUT2D eigenvalue weighted by molar-refractivity contribution is -0.0425. The Bertz CT molecular complexity index is 1020. The molecule has 0 heterocycles. The van der Waals surface area contributed by atoms with Crippen LogP contribution >= 0.6 is 7.82 Å². The van der Waals surface area contributed by atoms with Gasteiger partial charge in [-0.3, -0.25) is 13.6 Å². The van der Waals surface area contributed by atoms with Gasteiger partial charge in [-0.15, -0.1) is 0 Å². The van der Waals surface area contributed by atoms with Gasteiger partial charge in [0.1, 0.15) is 0 Å². The monoisotopic (exact) mass is 536 g/mol. The molecule has 3 rings (SSSR count). The Morgan fingerprint density at radius 1 is 0.447 bits per heavy atom. The number of hydrogen-bond acceptors (Lipinski definition) is 4.